The lowest BCUT2D eigenvalue weighted by Crippen LogP contribution is -1.91. The zero-order valence-electron chi connectivity index (χ0n) is 9.48. The summed E-state index contributed by atoms with van der Waals surface area (Å²) in [5.74, 6) is 0.273. The molecule has 2 rings (SSSR count). The van der Waals surface area contributed by atoms with Gasteiger partial charge in [0.25, 0.3) is 0 Å². The summed E-state index contributed by atoms with van der Waals surface area (Å²) in [6, 6.07) is 11.8. The van der Waals surface area contributed by atoms with Gasteiger partial charge in [0.05, 0.1) is 6.61 Å². The Kier molecular flexibility index (Phi) is 3.40. The fraction of sp³-hybridized carbons (Fsp3) is 0.143. The lowest BCUT2D eigenvalue weighted by molar-refractivity contribution is 0.281. The van der Waals surface area contributed by atoms with E-state index in [1.165, 1.54) is 12.1 Å². The van der Waals surface area contributed by atoms with Crippen LogP contribution in [0.25, 0.3) is 0 Å². The van der Waals surface area contributed by atoms with Crippen LogP contribution in [-0.2, 0) is 6.61 Å². The van der Waals surface area contributed by atoms with E-state index in [1.54, 1.807) is 18.2 Å². The maximum atomic E-state index is 13.6. The molecule has 0 amide bonds. The van der Waals surface area contributed by atoms with E-state index >= 15 is 0 Å². The summed E-state index contributed by atoms with van der Waals surface area (Å²) in [6.45, 7) is 1.79. The lowest BCUT2D eigenvalue weighted by atomic mass is 10.2. The molecule has 17 heavy (non-hydrogen) atoms. The Morgan fingerprint density at radius 3 is 2.41 bits per heavy atom. The van der Waals surface area contributed by atoms with Crippen LogP contribution in [0.15, 0.2) is 42.5 Å². The molecule has 1 N–H and O–H groups in total. The molecule has 2 aromatic rings. The number of hydrogen-bond acceptors (Lipinski definition) is 2. The highest BCUT2D eigenvalue weighted by atomic mass is 19.1. The third kappa shape index (κ3) is 2.82. The first-order valence-electron chi connectivity index (χ1n) is 5.33. The minimum Gasteiger partial charge on any atom is -0.454 e. The van der Waals surface area contributed by atoms with Gasteiger partial charge in [-0.25, -0.2) is 4.39 Å². The fourth-order valence-electron chi connectivity index (χ4n) is 1.46. The van der Waals surface area contributed by atoms with Gasteiger partial charge in [-0.1, -0.05) is 23.8 Å². The Morgan fingerprint density at radius 2 is 1.82 bits per heavy atom. The third-order valence-corrected chi connectivity index (χ3v) is 2.43. The number of rotatable bonds is 3. The molecule has 0 radical (unpaired) electrons. The topological polar surface area (TPSA) is 29.5 Å². The highest BCUT2D eigenvalue weighted by molar-refractivity contribution is 5.35. The molecule has 88 valence electrons. The molecule has 0 aliphatic rings. The van der Waals surface area contributed by atoms with Gasteiger partial charge in [-0.3, -0.25) is 0 Å². The first-order chi connectivity index (χ1) is 8.19. The molecule has 2 aromatic carbocycles. The molecule has 0 aliphatic carbocycles. The summed E-state index contributed by atoms with van der Waals surface area (Å²) in [7, 11) is 0. The van der Waals surface area contributed by atoms with E-state index in [-0.39, 0.29) is 12.4 Å². The van der Waals surface area contributed by atoms with E-state index in [0.29, 0.717) is 11.3 Å². The Bertz CT molecular complexity index is 506. The van der Waals surface area contributed by atoms with E-state index < -0.39 is 5.82 Å². The summed E-state index contributed by atoms with van der Waals surface area (Å²) in [6.07, 6.45) is 0. The molecule has 0 unspecified atom stereocenters. The fourth-order valence-corrected chi connectivity index (χ4v) is 1.46. The molecule has 2 nitrogen and oxygen atoms in total. The molecular formula is C14H13FO2. The van der Waals surface area contributed by atoms with Gasteiger partial charge in [-0.05, 0) is 36.8 Å². The second-order valence-electron chi connectivity index (χ2n) is 3.84. The van der Waals surface area contributed by atoms with E-state index in [1.807, 2.05) is 19.1 Å². The molecule has 0 spiro atoms. The SMILES string of the molecule is Cc1ccc(Oc2ccc(CO)cc2F)cc1. The predicted octanol–water partition coefficient (Wildman–Crippen LogP) is 3.42. The summed E-state index contributed by atoms with van der Waals surface area (Å²) in [5.41, 5.74) is 1.65. The van der Waals surface area contributed by atoms with Gasteiger partial charge < -0.3 is 9.84 Å². The van der Waals surface area contributed by atoms with Crippen LogP contribution in [0.1, 0.15) is 11.1 Å². The zero-order valence-corrected chi connectivity index (χ0v) is 9.48. The summed E-state index contributed by atoms with van der Waals surface area (Å²) in [4.78, 5) is 0. The van der Waals surface area contributed by atoms with Crippen LogP contribution in [0.3, 0.4) is 0 Å². The van der Waals surface area contributed by atoms with Gasteiger partial charge in [0.15, 0.2) is 11.6 Å². The maximum Gasteiger partial charge on any atom is 0.166 e. The minimum absolute atomic E-state index is 0.158. The highest BCUT2D eigenvalue weighted by Gasteiger charge is 2.05. The Labute approximate surface area is 99.3 Å². The van der Waals surface area contributed by atoms with Gasteiger partial charge in [-0.15, -0.1) is 0 Å². The van der Waals surface area contributed by atoms with Crippen molar-refractivity contribution in [2.45, 2.75) is 13.5 Å². The average Bonchev–Trinajstić information content (AvgIpc) is 2.34. The highest BCUT2D eigenvalue weighted by Crippen LogP contribution is 2.25. The molecule has 0 aliphatic heterocycles. The van der Waals surface area contributed by atoms with Gasteiger partial charge in [-0.2, -0.15) is 0 Å². The van der Waals surface area contributed by atoms with Crippen LogP contribution < -0.4 is 4.74 Å². The molecule has 0 fully saturated rings. The van der Waals surface area contributed by atoms with Crippen molar-refractivity contribution in [3.63, 3.8) is 0 Å². The average molecular weight is 232 g/mol. The van der Waals surface area contributed by atoms with Gasteiger partial charge in [0.1, 0.15) is 5.75 Å². The van der Waals surface area contributed by atoms with Crippen LogP contribution in [0.2, 0.25) is 0 Å². The standard InChI is InChI=1S/C14H13FO2/c1-10-2-5-12(6-3-10)17-14-7-4-11(9-16)8-13(14)15/h2-8,16H,9H2,1H3. The molecule has 0 saturated carbocycles. The Morgan fingerprint density at radius 1 is 1.12 bits per heavy atom. The van der Waals surface area contributed by atoms with E-state index in [0.717, 1.165) is 5.56 Å². The molecule has 0 bridgehead atoms. The van der Waals surface area contributed by atoms with Gasteiger partial charge >= 0.3 is 0 Å². The van der Waals surface area contributed by atoms with Crippen LogP contribution in [-0.4, -0.2) is 5.11 Å². The molecule has 0 saturated heterocycles. The van der Waals surface area contributed by atoms with Crippen molar-refractivity contribution >= 4 is 0 Å². The smallest absolute Gasteiger partial charge is 0.166 e. The summed E-state index contributed by atoms with van der Waals surface area (Å²) < 4.78 is 19.0. The van der Waals surface area contributed by atoms with Gasteiger partial charge in [0, 0.05) is 0 Å². The van der Waals surface area contributed by atoms with Crippen molar-refractivity contribution in [1.29, 1.82) is 0 Å². The second kappa shape index (κ2) is 4.97. The van der Waals surface area contributed by atoms with Crippen molar-refractivity contribution < 1.29 is 14.2 Å². The van der Waals surface area contributed by atoms with Gasteiger partial charge in [0.2, 0.25) is 0 Å². The Balaban J connectivity index is 2.21. The van der Waals surface area contributed by atoms with Crippen LogP contribution in [0.5, 0.6) is 11.5 Å². The Hall–Kier alpha value is -1.87. The number of benzene rings is 2. The van der Waals surface area contributed by atoms with E-state index in [4.69, 9.17) is 9.84 Å². The number of aryl methyl sites for hydroxylation is 1. The predicted molar refractivity (Wildman–Crippen MR) is 63.6 cm³/mol. The first kappa shape index (κ1) is 11.6. The van der Waals surface area contributed by atoms with E-state index in [9.17, 15) is 4.39 Å². The maximum absolute atomic E-state index is 13.6. The monoisotopic (exact) mass is 232 g/mol. The van der Waals surface area contributed by atoms with Crippen molar-refractivity contribution in [1.82, 2.24) is 0 Å². The van der Waals surface area contributed by atoms with Crippen LogP contribution in [0.4, 0.5) is 4.39 Å². The number of aliphatic hydroxyl groups is 1. The minimum atomic E-state index is -0.475. The molecule has 0 heterocycles. The summed E-state index contributed by atoms with van der Waals surface area (Å²) >= 11 is 0. The van der Waals surface area contributed by atoms with Crippen LogP contribution in [0, 0.1) is 12.7 Å². The summed E-state index contributed by atoms with van der Waals surface area (Å²) in [5, 5.41) is 8.87. The molecule has 0 aromatic heterocycles. The van der Waals surface area contributed by atoms with Crippen molar-refractivity contribution in [2.75, 3.05) is 0 Å². The van der Waals surface area contributed by atoms with Crippen molar-refractivity contribution in [2.24, 2.45) is 0 Å². The molecule has 3 heteroatoms. The molecular weight excluding hydrogens is 219 g/mol. The normalized spacial score (nSPS) is 10.3. The molecule has 0 atom stereocenters. The van der Waals surface area contributed by atoms with Crippen molar-refractivity contribution in [3.8, 4) is 11.5 Å². The number of aliphatic hydroxyl groups excluding tert-OH is 1. The van der Waals surface area contributed by atoms with Crippen LogP contribution >= 0.6 is 0 Å². The quantitative estimate of drug-likeness (QED) is 0.878. The second-order valence-corrected chi connectivity index (χ2v) is 3.84. The lowest BCUT2D eigenvalue weighted by Gasteiger charge is -2.07. The first-order valence-corrected chi connectivity index (χ1v) is 5.33. The number of ether oxygens (including phenoxy) is 1. The van der Waals surface area contributed by atoms with Crippen molar-refractivity contribution in [3.05, 3.63) is 59.4 Å². The third-order valence-electron chi connectivity index (χ3n) is 2.43. The number of hydrogen-bond donors (Lipinski definition) is 1. The largest absolute Gasteiger partial charge is 0.454 e. The zero-order chi connectivity index (χ0) is 12.3. The van der Waals surface area contributed by atoms with E-state index in [2.05, 4.69) is 0 Å². The number of halogens is 1.